The van der Waals surface area contributed by atoms with Gasteiger partial charge in [0, 0.05) is 24.4 Å². The summed E-state index contributed by atoms with van der Waals surface area (Å²) in [6.45, 7) is 4.99. The van der Waals surface area contributed by atoms with Crippen molar-refractivity contribution in [2.45, 2.75) is 46.1 Å². The van der Waals surface area contributed by atoms with Gasteiger partial charge in [-0.2, -0.15) is 0 Å². The molecule has 1 heterocycles. The van der Waals surface area contributed by atoms with Crippen molar-refractivity contribution < 1.29 is 9.18 Å². The summed E-state index contributed by atoms with van der Waals surface area (Å²) in [6, 6.07) is 14.9. The first-order chi connectivity index (χ1) is 13.6. The fourth-order valence-corrected chi connectivity index (χ4v) is 3.29. The maximum absolute atomic E-state index is 14.2. The van der Waals surface area contributed by atoms with Gasteiger partial charge in [-0.1, -0.05) is 50.6 Å². The van der Waals surface area contributed by atoms with Crippen LogP contribution in [0.1, 0.15) is 44.5 Å². The molecule has 148 valence electrons. The fourth-order valence-electron chi connectivity index (χ4n) is 3.29. The molecule has 0 aliphatic carbocycles. The molecule has 0 aliphatic rings. The number of hydrogen-bond donors (Lipinski definition) is 1. The van der Waals surface area contributed by atoms with E-state index in [2.05, 4.69) is 9.88 Å². The number of imidazole rings is 1. The number of aromatic nitrogens is 2. The zero-order chi connectivity index (χ0) is 19.9. The SMILES string of the molecule is CC(C)C(=O)NCCCCCc1nc2ccccc2n1Cc1ccccc1F. The van der Waals surface area contributed by atoms with E-state index in [1.807, 2.05) is 50.2 Å². The number of carbonyl (C=O) groups excluding carboxylic acids is 1. The van der Waals surface area contributed by atoms with E-state index in [4.69, 9.17) is 4.98 Å². The monoisotopic (exact) mass is 381 g/mol. The highest BCUT2D eigenvalue weighted by Crippen LogP contribution is 2.20. The molecule has 0 bridgehead atoms. The second kappa shape index (κ2) is 9.49. The quantitative estimate of drug-likeness (QED) is 0.546. The lowest BCUT2D eigenvalue weighted by Gasteiger charge is -2.11. The van der Waals surface area contributed by atoms with Crippen LogP contribution in [0.15, 0.2) is 48.5 Å². The van der Waals surface area contributed by atoms with Crippen molar-refractivity contribution in [3.05, 3.63) is 65.7 Å². The minimum Gasteiger partial charge on any atom is -0.356 e. The summed E-state index contributed by atoms with van der Waals surface area (Å²) < 4.78 is 16.3. The Bertz CT molecular complexity index is 932. The number of rotatable bonds is 9. The topological polar surface area (TPSA) is 46.9 Å². The maximum Gasteiger partial charge on any atom is 0.222 e. The molecule has 0 spiro atoms. The van der Waals surface area contributed by atoms with Crippen LogP contribution >= 0.6 is 0 Å². The summed E-state index contributed by atoms with van der Waals surface area (Å²) in [6.07, 6.45) is 3.78. The molecular weight excluding hydrogens is 353 g/mol. The molecule has 4 nitrogen and oxygen atoms in total. The molecule has 2 aromatic carbocycles. The van der Waals surface area contributed by atoms with Gasteiger partial charge in [0.2, 0.25) is 5.91 Å². The molecule has 0 atom stereocenters. The molecule has 5 heteroatoms. The van der Waals surface area contributed by atoms with E-state index in [0.717, 1.165) is 42.5 Å². The first-order valence-electron chi connectivity index (χ1n) is 10.0. The highest BCUT2D eigenvalue weighted by atomic mass is 19.1. The average Bonchev–Trinajstić information content (AvgIpc) is 3.03. The Kier molecular flexibility index (Phi) is 6.80. The van der Waals surface area contributed by atoms with Gasteiger partial charge in [0.15, 0.2) is 0 Å². The van der Waals surface area contributed by atoms with Crippen LogP contribution in [-0.4, -0.2) is 22.0 Å². The van der Waals surface area contributed by atoms with Gasteiger partial charge >= 0.3 is 0 Å². The number of carbonyl (C=O) groups is 1. The predicted molar refractivity (Wildman–Crippen MR) is 111 cm³/mol. The summed E-state index contributed by atoms with van der Waals surface area (Å²) in [5.74, 6) is 0.924. The number of amides is 1. The molecule has 1 amide bonds. The molecule has 0 saturated heterocycles. The van der Waals surface area contributed by atoms with Gasteiger partial charge in [0.1, 0.15) is 11.6 Å². The molecular formula is C23H28FN3O. The van der Waals surface area contributed by atoms with Crippen LogP contribution in [0.4, 0.5) is 4.39 Å². The number of benzene rings is 2. The minimum atomic E-state index is -0.188. The number of nitrogens with zero attached hydrogens (tertiary/aromatic N) is 2. The van der Waals surface area contributed by atoms with Crippen LogP contribution in [0.5, 0.6) is 0 Å². The highest BCUT2D eigenvalue weighted by molar-refractivity contribution is 5.77. The van der Waals surface area contributed by atoms with Gasteiger partial charge in [-0.15, -0.1) is 0 Å². The van der Waals surface area contributed by atoms with E-state index < -0.39 is 0 Å². The number of aryl methyl sites for hydroxylation is 1. The summed E-state index contributed by atoms with van der Waals surface area (Å²) in [5.41, 5.74) is 2.64. The van der Waals surface area contributed by atoms with Crippen molar-refractivity contribution in [2.75, 3.05) is 6.54 Å². The summed E-state index contributed by atoms with van der Waals surface area (Å²) in [7, 11) is 0. The number of hydrogen-bond acceptors (Lipinski definition) is 2. The molecule has 1 aromatic heterocycles. The van der Waals surface area contributed by atoms with Gasteiger partial charge in [-0.3, -0.25) is 4.79 Å². The van der Waals surface area contributed by atoms with Gasteiger partial charge in [0.05, 0.1) is 17.6 Å². The molecule has 0 radical (unpaired) electrons. The van der Waals surface area contributed by atoms with E-state index in [1.165, 1.54) is 6.07 Å². The van der Waals surface area contributed by atoms with Crippen LogP contribution in [0.25, 0.3) is 11.0 Å². The van der Waals surface area contributed by atoms with Crippen molar-refractivity contribution in [1.82, 2.24) is 14.9 Å². The standard InChI is InChI=1S/C23H28FN3O/c1-17(2)23(28)25-15-9-3-4-14-22-26-20-12-7-8-13-21(20)27(22)16-18-10-5-6-11-19(18)24/h5-8,10-13,17H,3-4,9,14-16H2,1-2H3,(H,25,28). The average molecular weight is 381 g/mol. The third-order valence-corrected chi connectivity index (χ3v) is 4.92. The third-order valence-electron chi connectivity index (χ3n) is 4.92. The van der Waals surface area contributed by atoms with Gasteiger partial charge in [-0.05, 0) is 31.0 Å². The molecule has 0 fully saturated rings. The molecule has 0 aliphatic heterocycles. The normalized spacial score (nSPS) is 11.3. The zero-order valence-electron chi connectivity index (χ0n) is 16.6. The molecule has 0 saturated carbocycles. The Morgan fingerprint density at radius 3 is 2.61 bits per heavy atom. The summed E-state index contributed by atoms with van der Waals surface area (Å²) >= 11 is 0. The smallest absolute Gasteiger partial charge is 0.222 e. The van der Waals surface area contributed by atoms with Crippen molar-refractivity contribution >= 4 is 16.9 Å². The van der Waals surface area contributed by atoms with Crippen molar-refractivity contribution in [3.8, 4) is 0 Å². The van der Waals surface area contributed by atoms with Crippen LogP contribution in [0, 0.1) is 11.7 Å². The van der Waals surface area contributed by atoms with Gasteiger partial charge < -0.3 is 9.88 Å². The number of fused-ring (bicyclic) bond motifs is 1. The lowest BCUT2D eigenvalue weighted by Crippen LogP contribution is -2.28. The Hall–Kier alpha value is -2.69. The highest BCUT2D eigenvalue weighted by Gasteiger charge is 2.12. The van der Waals surface area contributed by atoms with Crippen LogP contribution in [0.3, 0.4) is 0 Å². The van der Waals surface area contributed by atoms with Crippen LogP contribution in [-0.2, 0) is 17.8 Å². The molecule has 0 unspecified atom stereocenters. The Labute approximate surface area is 165 Å². The van der Waals surface area contributed by atoms with Gasteiger partial charge in [0.25, 0.3) is 0 Å². The lowest BCUT2D eigenvalue weighted by atomic mass is 10.1. The first kappa shape index (κ1) is 20.1. The minimum absolute atomic E-state index is 0.0262. The summed E-state index contributed by atoms with van der Waals surface area (Å²) in [5, 5.41) is 2.95. The number of halogens is 1. The third kappa shape index (κ3) is 4.97. The predicted octanol–water partition coefficient (Wildman–Crippen LogP) is 4.71. The Morgan fingerprint density at radius 1 is 1.07 bits per heavy atom. The lowest BCUT2D eigenvalue weighted by molar-refractivity contribution is -0.123. The largest absolute Gasteiger partial charge is 0.356 e. The zero-order valence-corrected chi connectivity index (χ0v) is 16.6. The first-order valence-corrected chi connectivity index (χ1v) is 10.0. The van der Waals surface area contributed by atoms with E-state index in [9.17, 15) is 9.18 Å². The summed E-state index contributed by atoms with van der Waals surface area (Å²) in [4.78, 5) is 16.4. The van der Waals surface area contributed by atoms with E-state index in [-0.39, 0.29) is 17.6 Å². The van der Waals surface area contributed by atoms with E-state index >= 15 is 0 Å². The fraction of sp³-hybridized carbons (Fsp3) is 0.391. The molecule has 1 N–H and O–H groups in total. The maximum atomic E-state index is 14.2. The van der Waals surface area contributed by atoms with Crippen LogP contribution in [0.2, 0.25) is 0 Å². The second-order valence-corrected chi connectivity index (χ2v) is 7.45. The van der Waals surface area contributed by atoms with E-state index in [1.54, 1.807) is 6.07 Å². The number of para-hydroxylation sites is 2. The molecule has 3 rings (SSSR count). The molecule has 3 aromatic rings. The van der Waals surface area contributed by atoms with E-state index in [0.29, 0.717) is 18.7 Å². The van der Waals surface area contributed by atoms with Crippen molar-refractivity contribution in [3.63, 3.8) is 0 Å². The van der Waals surface area contributed by atoms with Crippen molar-refractivity contribution in [2.24, 2.45) is 5.92 Å². The Morgan fingerprint density at radius 2 is 1.82 bits per heavy atom. The Balaban J connectivity index is 1.64. The number of unbranched alkanes of at least 4 members (excludes halogenated alkanes) is 2. The number of nitrogens with one attached hydrogen (secondary N) is 1. The van der Waals surface area contributed by atoms with Crippen molar-refractivity contribution in [1.29, 1.82) is 0 Å². The molecule has 28 heavy (non-hydrogen) atoms. The second-order valence-electron chi connectivity index (χ2n) is 7.45. The van der Waals surface area contributed by atoms with Crippen LogP contribution < -0.4 is 5.32 Å². The van der Waals surface area contributed by atoms with Gasteiger partial charge in [-0.25, -0.2) is 9.37 Å².